The van der Waals surface area contributed by atoms with Crippen molar-refractivity contribution in [2.24, 2.45) is 0 Å². The molecule has 0 saturated carbocycles. The number of nitrogens with one attached hydrogen (secondary N) is 2. The molecule has 1 unspecified atom stereocenters. The number of sulfonamides is 1. The average molecular weight is 325 g/mol. The van der Waals surface area contributed by atoms with Crippen LogP contribution in [0.2, 0.25) is 5.02 Å². The van der Waals surface area contributed by atoms with Crippen LogP contribution in [0.3, 0.4) is 0 Å². The van der Waals surface area contributed by atoms with Gasteiger partial charge in [0.15, 0.2) is 0 Å². The van der Waals surface area contributed by atoms with Crippen LogP contribution in [0.5, 0.6) is 0 Å². The highest BCUT2D eigenvalue weighted by Gasteiger charge is 2.14. The number of hydrogen-bond donors (Lipinski definition) is 2. The van der Waals surface area contributed by atoms with Crippen LogP contribution < -0.4 is 10.0 Å². The Balaban J connectivity index is 2.21. The van der Waals surface area contributed by atoms with Gasteiger partial charge in [0, 0.05) is 16.8 Å². The first-order valence-corrected chi connectivity index (χ1v) is 8.34. The minimum atomic E-state index is -3.59. The number of rotatable bonds is 5. The van der Waals surface area contributed by atoms with Crippen LogP contribution in [0.4, 0.5) is 5.69 Å². The quantitative estimate of drug-likeness (QED) is 0.886. The largest absolute Gasteiger partial charge is 0.313 e. The van der Waals surface area contributed by atoms with Crippen molar-refractivity contribution in [2.45, 2.75) is 17.9 Å². The number of benzene rings is 2. The van der Waals surface area contributed by atoms with Crippen molar-refractivity contribution in [3.63, 3.8) is 0 Å². The number of anilines is 1. The van der Waals surface area contributed by atoms with Crippen molar-refractivity contribution < 1.29 is 8.42 Å². The predicted octanol–water partition coefficient (Wildman–Crippen LogP) is 3.42. The topological polar surface area (TPSA) is 58.2 Å². The Morgan fingerprint density at radius 2 is 1.57 bits per heavy atom. The summed E-state index contributed by atoms with van der Waals surface area (Å²) < 4.78 is 27.1. The van der Waals surface area contributed by atoms with Crippen molar-refractivity contribution >= 4 is 27.3 Å². The SMILES string of the molecule is CNC(C)c1ccc(S(=O)(=O)Nc2ccc(Cl)cc2)cc1. The van der Waals surface area contributed by atoms with Crippen LogP contribution in [0.15, 0.2) is 53.4 Å². The summed E-state index contributed by atoms with van der Waals surface area (Å²) in [4.78, 5) is 0.226. The first-order chi connectivity index (χ1) is 9.92. The highest BCUT2D eigenvalue weighted by molar-refractivity contribution is 7.92. The average Bonchev–Trinajstić information content (AvgIpc) is 2.49. The Kier molecular flexibility index (Phi) is 4.88. The molecule has 0 radical (unpaired) electrons. The van der Waals surface area contributed by atoms with Crippen molar-refractivity contribution in [3.05, 3.63) is 59.1 Å². The fourth-order valence-corrected chi connectivity index (χ4v) is 3.02. The summed E-state index contributed by atoms with van der Waals surface area (Å²) in [5.74, 6) is 0. The molecule has 6 heteroatoms. The predicted molar refractivity (Wildman–Crippen MR) is 86.2 cm³/mol. The first-order valence-electron chi connectivity index (χ1n) is 6.48. The molecule has 4 nitrogen and oxygen atoms in total. The Morgan fingerprint density at radius 1 is 1.00 bits per heavy atom. The molecule has 0 fully saturated rings. The maximum absolute atomic E-state index is 12.3. The zero-order valence-electron chi connectivity index (χ0n) is 11.8. The summed E-state index contributed by atoms with van der Waals surface area (Å²) in [5.41, 5.74) is 1.51. The summed E-state index contributed by atoms with van der Waals surface area (Å²) in [6.45, 7) is 2.01. The molecule has 2 aromatic rings. The summed E-state index contributed by atoms with van der Waals surface area (Å²) in [5, 5.41) is 3.67. The van der Waals surface area contributed by atoms with Crippen LogP contribution in [0.25, 0.3) is 0 Å². The van der Waals surface area contributed by atoms with E-state index in [1.165, 1.54) is 0 Å². The van der Waals surface area contributed by atoms with Crippen LogP contribution >= 0.6 is 11.6 Å². The number of halogens is 1. The third-order valence-electron chi connectivity index (χ3n) is 3.22. The normalized spacial score (nSPS) is 12.9. The molecular weight excluding hydrogens is 308 g/mol. The second kappa shape index (κ2) is 6.47. The van der Waals surface area contributed by atoms with Gasteiger partial charge in [-0.05, 0) is 55.9 Å². The van der Waals surface area contributed by atoms with Crippen molar-refractivity contribution in [3.8, 4) is 0 Å². The van der Waals surface area contributed by atoms with E-state index in [0.29, 0.717) is 10.7 Å². The van der Waals surface area contributed by atoms with Gasteiger partial charge in [0.1, 0.15) is 0 Å². The van der Waals surface area contributed by atoms with E-state index in [0.717, 1.165) is 5.56 Å². The molecule has 0 bridgehead atoms. The second-order valence-electron chi connectivity index (χ2n) is 4.69. The van der Waals surface area contributed by atoms with Gasteiger partial charge < -0.3 is 5.32 Å². The van der Waals surface area contributed by atoms with Gasteiger partial charge in [-0.1, -0.05) is 23.7 Å². The van der Waals surface area contributed by atoms with E-state index >= 15 is 0 Å². The van der Waals surface area contributed by atoms with Crippen LogP contribution in [0.1, 0.15) is 18.5 Å². The Labute approximate surface area is 130 Å². The molecule has 0 saturated heterocycles. The van der Waals surface area contributed by atoms with E-state index in [-0.39, 0.29) is 10.9 Å². The highest BCUT2D eigenvalue weighted by Crippen LogP contribution is 2.20. The standard InChI is InChI=1S/C15H17ClN2O2S/c1-11(17-2)12-3-9-15(10-4-12)21(19,20)18-14-7-5-13(16)6-8-14/h3-11,17-18H,1-2H3. The minimum absolute atomic E-state index is 0.172. The van der Waals surface area contributed by atoms with Gasteiger partial charge in [-0.3, -0.25) is 4.72 Å². The molecule has 1 atom stereocenters. The van der Waals surface area contributed by atoms with Crippen molar-refractivity contribution in [1.82, 2.24) is 5.32 Å². The molecular formula is C15H17ClN2O2S. The first kappa shape index (κ1) is 15.8. The maximum atomic E-state index is 12.3. The minimum Gasteiger partial charge on any atom is -0.313 e. The molecule has 21 heavy (non-hydrogen) atoms. The van der Waals surface area contributed by atoms with Gasteiger partial charge in [-0.2, -0.15) is 0 Å². The molecule has 0 aliphatic rings. The van der Waals surface area contributed by atoms with Crippen LogP contribution in [-0.4, -0.2) is 15.5 Å². The van der Waals surface area contributed by atoms with E-state index < -0.39 is 10.0 Å². The summed E-state index contributed by atoms with van der Waals surface area (Å²) in [7, 11) is -1.73. The molecule has 0 aliphatic carbocycles. The Hall–Kier alpha value is -1.56. The van der Waals surface area contributed by atoms with Gasteiger partial charge in [0.05, 0.1) is 4.90 Å². The van der Waals surface area contributed by atoms with Gasteiger partial charge in [-0.25, -0.2) is 8.42 Å². The molecule has 0 amide bonds. The lowest BCUT2D eigenvalue weighted by Crippen LogP contribution is -2.14. The zero-order chi connectivity index (χ0) is 15.5. The highest BCUT2D eigenvalue weighted by atomic mass is 35.5. The maximum Gasteiger partial charge on any atom is 0.261 e. The van der Waals surface area contributed by atoms with Gasteiger partial charge in [0.2, 0.25) is 0 Å². The van der Waals surface area contributed by atoms with Crippen LogP contribution in [0, 0.1) is 0 Å². The Bertz CT molecular complexity index is 697. The fraction of sp³-hybridized carbons (Fsp3) is 0.200. The lowest BCUT2D eigenvalue weighted by Gasteiger charge is -2.12. The lowest BCUT2D eigenvalue weighted by atomic mass is 10.1. The summed E-state index contributed by atoms with van der Waals surface area (Å²) in [6.07, 6.45) is 0. The monoisotopic (exact) mass is 324 g/mol. The van der Waals surface area contributed by atoms with Gasteiger partial charge in [-0.15, -0.1) is 0 Å². The zero-order valence-corrected chi connectivity index (χ0v) is 13.4. The summed E-state index contributed by atoms with van der Waals surface area (Å²) in [6, 6.07) is 13.5. The van der Waals surface area contributed by atoms with E-state index in [4.69, 9.17) is 11.6 Å². The molecule has 112 valence electrons. The van der Waals surface area contributed by atoms with E-state index in [9.17, 15) is 8.42 Å². The molecule has 0 spiro atoms. The van der Waals surface area contributed by atoms with Crippen molar-refractivity contribution in [1.29, 1.82) is 0 Å². The van der Waals surface area contributed by atoms with E-state index in [1.807, 2.05) is 14.0 Å². The van der Waals surface area contributed by atoms with Gasteiger partial charge in [0.25, 0.3) is 10.0 Å². The van der Waals surface area contributed by atoms with E-state index in [1.54, 1.807) is 48.5 Å². The third-order valence-corrected chi connectivity index (χ3v) is 4.87. The smallest absolute Gasteiger partial charge is 0.261 e. The molecule has 2 rings (SSSR count). The molecule has 2 N–H and O–H groups in total. The molecule has 0 aliphatic heterocycles. The second-order valence-corrected chi connectivity index (χ2v) is 6.81. The van der Waals surface area contributed by atoms with Crippen molar-refractivity contribution in [2.75, 3.05) is 11.8 Å². The summed E-state index contributed by atoms with van der Waals surface area (Å²) >= 11 is 5.78. The lowest BCUT2D eigenvalue weighted by molar-refractivity contribution is 0.601. The Morgan fingerprint density at radius 3 is 2.10 bits per heavy atom. The van der Waals surface area contributed by atoms with Gasteiger partial charge >= 0.3 is 0 Å². The van der Waals surface area contributed by atoms with Crippen LogP contribution in [-0.2, 0) is 10.0 Å². The molecule has 0 heterocycles. The molecule has 2 aromatic carbocycles. The molecule has 0 aromatic heterocycles. The number of hydrogen-bond acceptors (Lipinski definition) is 3. The third kappa shape index (κ3) is 3.97. The fourth-order valence-electron chi connectivity index (χ4n) is 1.83. The van der Waals surface area contributed by atoms with E-state index in [2.05, 4.69) is 10.0 Å².